The maximum Gasteiger partial charge on any atom is 1.00 e. The minimum atomic E-state index is 0. The van der Waals surface area contributed by atoms with Crippen LogP contribution in [0.3, 0.4) is 0 Å². The van der Waals surface area contributed by atoms with Crippen LogP contribution in [0, 0.1) is 6.92 Å². The molecule has 0 saturated heterocycles. The maximum absolute atomic E-state index is 3.88. The second kappa shape index (κ2) is 12.4. The average Bonchev–Trinajstić information content (AvgIpc) is 2.29. The summed E-state index contributed by atoms with van der Waals surface area (Å²) in [5.41, 5.74) is 0. The van der Waals surface area contributed by atoms with Gasteiger partial charge in [0.15, 0.2) is 0 Å². The van der Waals surface area contributed by atoms with E-state index >= 15 is 0 Å². The van der Waals surface area contributed by atoms with Crippen LogP contribution >= 0.6 is 11.8 Å². The van der Waals surface area contributed by atoms with Crippen molar-refractivity contribution >= 4 is 11.8 Å². The molecule has 1 rings (SSSR count). The van der Waals surface area contributed by atoms with Gasteiger partial charge in [0.1, 0.15) is 0 Å². The molecular weight excluding hydrogens is 207 g/mol. The van der Waals surface area contributed by atoms with E-state index in [4.69, 9.17) is 0 Å². The van der Waals surface area contributed by atoms with Crippen molar-refractivity contribution in [2.75, 3.05) is 5.75 Å². The van der Waals surface area contributed by atoms with E-state index in [9.17, 15) is 0 Å². The van der Waals surface area contributed by atoms with Crippen LogP contribution in [0.2, 0.25) is 0 Å². The Balaban J connectivity index is 0.00000225. The maximum atomic E-state index is 3.88. The van der Waals surface area contributed by atoms with Gasteiger partial charge in [0.05, 0.1) is 0 Å². The zero-order valence-corrected chi connectivity index (χ0v) is 12.0. The first-order valence-corrected chi connectivity index (χ1v) is 7.89. The molecule has 1 aliphatic rings. The smallest absolute Gasteiger partial charge is 0.343 e. The van der Waals surface area contributed by atoms with Crippen LogP contribution in [0.15, 0.2) is 0 Å². The Morgan fingerprint density at radius 3 is 2.19 bits per heavy atom. The minimum Gasteiger partial charge on any atom is -0.343 e. The van der Waals surface area contributed by atoms with Gasteiger partial charge >= 0.3 is 18.9 Å². The van der Waals surface area contributed by atoms with E-state index in [-0.39, 0.29) is 18.9 Å². The summed E-state index contributed by atoms with van der Waals surface area (Å²) in [5, 5.41) is 1.01. The molecule has 90 valence electrons. The molecule has 16 heavy (non-hydrogen) atoms. The molecule has 0 radical (unpaired) electrons. The van der Waals surface area contributed by atoms with Crippen molar-refractivity contribution in [2.45, 2.75) is 75.9 Å². The van der Waals surface area contributed by atoms with Crippen molar-refractivity contribution in [1.29, 1.82) is 0 Å². The van der Waals surface area contributed by atoms with Crippen molar-refractivity contribution in [2.24, 2.45) is 0 Å². The molecule has 0 N–H and O–H groups in total. The molecule has 0 heterocycles. The number of thioether (sulfide) groups is 1. The van der Waals surface area contributed by atoms with Crippen LogP contribution in [0.4, 0.5) is 0 Å². The van der Waals surface area contributed by atoms with E-state index < -0.39 is 0 Å². The standard InChI is InChI=1S/C14H27S.Li/c1-2-3-4-5-6-10-13-15-14-11-8-7-9-12-14;/h14H,1-13H2;/q-1;+1. The molecule has 0 spiro atoms. The van der Waals surface area contributed by atoms with E-state index in [1.807, 2.05) is 0 Å². The monoisotopic (exact) mass is 234 g/mol. The zero-order chi connectivity index (χ0) is 10.8. The Morgan fingerprint density at radius 2 is 1.50 bits per heavy atom. The number of unbranched alkanes of at least 4 members (excludes halogenated alkanes) is 5. The van der Waals surface area contributed by atoms with Gasteiger partial charge in [0.2, 0.25) is 0 Å². The summed E-state index contributed by atoms with van der Waals surface area (Å²) in [6.07, 6.45) is 15.6. The second-order valence-electron chi connectivity index (χ2n) is 4.75. The summed E-state index contributed by atoms with van der Waals surface area (Å²) in [5.74, 6) is 1.41. The normalized spacial score (nSPS) is 17.1. The first-order chi connectivity index (χ1) is 7.43. The Kier molecular flexibility index (Phi) is 13.1. The van der Waals surface area contributed by atoms with Crippen LogP contribution in [-0.2, 0) is 0 Å². The molecular formula is C14H27LiS. The number of hydrogen-bond donors (Lipinski definition) is 0. The third kappa shape index (κ3) is 9.03. The molecule has 0 aromatic heterocycles. The summed E-state index contributed by atoms with van der Waals surface area (Å²) in [7, 11) is 0. The molecule has 2 heteroatoms. The fourth-order valence-electron chi connectivity index (χ4n) is 2.29. The molecule has 0 nitrogen and oxygen atoms in total. The van der Waals surface area contributed by atoms with Crippen molar-refractivity contribution in [3.63, 3.8) is 0 Å². The zero-order valence-electron chi connectivity index (χ0n) is 11.2. The first-order valence-electron chi connectivity index (χ1n) is 6.84. The molecule has 1 saturated carbocycles. The third-order valence-electron chi connectivity index (χ3n) is 3.30. The van der Waals surface area contributed by atoms with Crippen LogP contribution in [0.25, 0.3) is 0 Å². The Labute approximate surface area is 119 Å². The summed E-state index contributed by atoms with van der Waals surface area (Å²) >= 11 is 2.25. The van der Waals surface area contributed by atoms with Crippen molar-refractivity contribution in [1.82, 2.24) is 0 Å². The van der Waals surface area contributed by atoms with Crippen LogP contribution < -0.4 is 18.9 Å². The van der Waals surface area contributed by atoms with Crippen LogP contribution in [0.5, 0.6) is 0 Å². The summed E-state index contributed by atoms with van der Waals surface area (Å²) in [6, 6.07) is 0. The van der Waals surface area contributed by atoms with E-state index in [1.54, 1.807) is 0 Å². The van der Waals surface area contributed by atoms with Crippen molar-refractivity contribution in [3.8, 4) is 0 Å². The van der Waals surface area contributed by atoms with Gasteiger partial charge in [-0.05, 0) is 25.0 Å². The van der Waals surface area contributed by atoms with E-state index in [1.165, 1.54) is 70.0 Å². The van der Waals surface area contributed by atoms with Crippen molar-refractivity contribution in [3.05, 3.63) is 6.92 Å². The van der Waals surface area contributed by atoms with E-state index in [2.05, 4.69) is 18.7 Å². The van der Waals surface area contributed by atoms with Gasteiger partial charge in [0, 0.05) is 5.25 Å². The average molecular weight is 234 g/mol. The second-order valence-corrected chi connectivity index (χ2v) is 6.16. The predicted molar refractivity (Wildman–Crippen MR) is 72.4 cm³/mol. The third-order valence-corrected chi connectivity index (χ3v) is 4.77. The fraction of sp³-hybridized carbons (Fsp3) is 0.929. The molecule has 0 amide bonds. The molecule has 1 aliphatic carbocycles. The van der Waals surface area contributed by atoms with Gasteiger partial charge in [0.25, 0.3) is 0 Å². The van der Waals surface area contributed by atoms with Gasteiger partial charge in [-0.15, -0.1) is 0 Å². The number of rotatable bonds is 8. The Bertz CT molecular complexity index is 133. The molecule has 0 atom stereocenters. The van der Waals surface area contributed by atoms with E-state index in [0.717, 1.165) is 11.7 Å². The fourth-order valence-corrected chi connectivity index (χ4v) is 3.66. The molecule has 0 aliphatic heterocycles. The quantitative estimate of drug-likeness (QED) is 0.352. The van der Waals surface area contributed by atoms with Gasteiger partial charge < -0.3 is 6.92 Å². The van der Waals surface area contributed by atoms with Gasteiger partial charge in [-0.2, -0.15) is 18.2 Å². The predicted octanol–water partition coefficient (Wildman–Crippen LogP) is 2.23. The molecule has 0 bridgehead atoms. The summed E-state index contributed by atoms with van der Waals surface area (Å²) < 4.78 is 0. The summed E-state index contributed by atoms with van der Waals surface area (Å²) in [6.45, 7) is 3.88. The molecule has 0 unspecified atom stereocenters. The Hall–Kier alpha value is 0.947. The van der Waals surface area contributed by atoms with Crippen LogP contribution in [-0.4, -0.2) is 11.0 Å². The largest absolute Gasteiger partial charge is 1.00 e. The minimum absolute atomic E-state index is 0. The molecule has 0 aromatic rings. The van der Waals surface area contributed by atoms with Gasteiger partial charge in [-0.1, -0.05) is 44.9 Å². The molecule has 0 aromatic carbocycles. The SMILES string of the molecule is [CH2-]CCCCCCCSC1CCCCC1.[Li+]. The van der Waals surface area contributed by atoms with Gasteiger partial charge in [-0.3, -0.25) is 0 Å². The van der Waals surface area contributed by atoms with Crippen LogP contribution in [0.1, 0.15) is 70.6 Å². The summed E-state index contributed by atoms with van der Waals surface area (Å²) in [4.78, 5) is 0. The van der Waals surface area contributed by atoms with Crippen molar-refractivity contribution < 1.29 is 18.9 Å². The Morgan fingerprint density at radius 1 is 0.875 bits per heavy atom. The number of hydrogen-bond acceptors (Lipinski definition) is 1. The van der Waals surface area contributed by atoms with E-state index in [0.29, 0.717) is 0 Å². The van der Waals surface area contributed by atoms with Gasteiger partial charge in [-0.25, -0.2) is 0 Å². The molecule has 1 fully saturated rings. The first kappa shape index (κ1) is 16.9. The topological polar surface area (TPSA) is 0 Å².